The number of esters is 2. The van der Waals surface area contributed by atoms with E-state index in [0.29, 0.717) is 35.7 Å². The molecule has 0 saturated carbocycles. The zero-order chi connectivity index (χ0) is 18.8. The minimum Gasteiger partial charge on any atom is -0.465 e. The molecule has 2 rings (SSSR count). The largest absolute Gasteiger partial charge is 0.465 e. The molecule has 1 aromatic rings. The number of benzene rings is 1. The van der Waals surface area contributed by atoms with Crippen molar-refractivity contribution in [2.75, 3.05) is 18.6 Å². The van der Waals surface area contributed by atoms with Crippen LogP contribution in [0.1, 0.15) is 44.0 Å². The van der Waals surface area contributed by atoms with E-state index in [4.69, 9.17) is 26.8 Å². The van der Waals surface area contributed by atoms with Crippen LogP contribution in [0.4, 0.5) is 5.69 Å². The van der Waals surface area contributed by atoms with Crippen molar-refractivity contribution < 1.29 is 19.1 Å². The third-order valence-corrected chi connectivity index (χ3v) is 4.38. The van der Waals surface area contributed by atoms with Gasteiger partial charge in [0.2, 0.25) is 0 Å². The quantitative estimate of drug-likeness (QED) is 0.826. The molecule has 1 aliphatic heterocycles. The summed E-state index contributed by atoms with van der Waals surface area (Å²) in [4.78, 5) is 25.9. The van der Waals surface area contributed by atoms with Gasteiger partial charge in [0.1, 0.15) is 5.60 Å². The Morgan fingerprint density at radius 2 is 2.00 bits per heavy atom. The minimum absolute atomic E-state index is 0.225. The van der Waals surface area contributed by atoms with E-state index >= 15 is 0 Å². The molecule has 0 aliphatic carbocycles. The van der Waals surface area contributed by atoms with Crippen molar-refractivity contribution >= 4 is 29.2 Å². The number of rotatable bonds is 3. The van der Waals surface area contributed by atoms with E-state index in [-0.39, 0.29) is 11.9 Å². The lowest BCUT2D eigenvalue weighted by atomic mass is 9.93. The topological polar surface area (TPSA) is 81.9 Å². The Morgan fingerprint density at radius 1 is 1.32 bits per heavy atom. The number of nitrogens with two attached hydrogens (primary N) is 1. The number of nitrogens with zero attached hydrogens (tertiary/aromatic N) is 1. The highest BCUT2D eigenvalue weighted by Crippen LogP contribution is 2.33. The molecular weight excluding hydrogens is 344 g/mol. The molecule has 0 bridgehead atoms. The zero-order valence-electron chi connectivity index (χ0n) is 15.0. The van der Waals surface area contributed by atoms with Crippen molar-refractivity contribution in [2.45, 2.75) is 45.4 Å². The third kappa shape index (κ3) is 4.86. The highest BCUT2D eigenvalue weighted by molar-refractivity contribution is 6.33. The molecule has 138 valence electrons. The van der Waals surface area contributed by atoms with E-state index in [1.165, 1.54) is 7.11 Å². The molecule has 1 heterocycles. The van der Waals surface area contributed by atoms with Gasteiger partial charge in [-0.3, -0.25) is 4.79 Å². The smallest absolute Gasteiger partial charge is 0.337 e. The Balaban J connectivity index is 2.14. The summed E-state index contributed by atoms with van der Waals surface area (Å²) >= 11 is 6.29. The molecule has 2 N–H and O–H groups in total. The Bertz CT molecular complexity index is 657. The summed E-state index contributed by atoms with van der Waals surface area (Å²) in [5.41, 5.74) is 6.83. The van der Waals surface area contributed by atoms with E-state index in [9.17, 15) is 9.59 Å². The van der Waals surface area contributed by atoms with Crippen LogP contribution in [0.25, 0.3) is 0 Å². The molecule has 0 radical (unpaired) electrons. The number of carbonyl (C=O) groups excluding carboxylic acids is 2. The standard InChI is InChI=1S/C18H25ClN2O4/c1-18(2,3)25-17(23)12-7-8-21(15(20)10-12)14-9-11(16(22)24-4)5-6-13(14)19/h5-6,9,12,15H,7-8,10,20H2,1-4H3. The number of piperidine rings is 1. The van der Waals surface area contributed by atoms with Crippen molar-refractivity contribution in [2.24, 2.45) is 11.7 Å². The van der Waals surface area contributed by atoms with Crippen LogP contribution in [0.3, 0.4) is 0 Å². The van der Waals surface area contributed by atoms with Crippen LogP contribution in [0.15, 0.2) is 18.2 Å². The van der Waals surface area contributed by atoms with Gasteiger partial charge in [-0.15, -0.1) is 0 Å². The summed E-state index contributed by atoms with van der Waals surface area (Å²) in [5.74, 6) is -0.903. The summed E-state index contributed by atoms with van der Waals surface area (Å²) in [6.45, 7) is 6.09. The van der Waals surface area contributed by atoms with Crippen LogP contribution in [-0.2, 0) is 14.3 Å². The van der Waals surface area contributed by atoms with Gasteiger partial charge in [0.05, 0.1) is 35.5 Å². The lowest BCUT2D eigenvalue weighted by molar-refractivity contribution is -0.161. The Kier molecular flexibility index (Phi) is 5.95. The van der Waals surface area contributed by atoms with E-state index in [1.54, 1.807) is 18.2 Å². The molecule has 0 amide bonds. The van der Waals surface area contributed by atoms with Gasteiger partial charge in [-0.05, 0) is 51.8 Å². The summed E-state index contributed by atoms with van der Waals surface area (Å²) < 4.78 is 10.2. The lowest BCUT2D eigenvalue weighted by Crippen LogP contribution is -2.50. The first-order valence-electron chi connectivity index (χ1n) is 8.25. The first kappa shape index (κ1) is 19.5. The molecule has 1 saturated heterocycles. The average molecular weight is 369 g/mol. The van der Waals surface area contributed by atoms with Crippen molar-refractivity contribution in [1.29, 1.82) is 0 Å². The fourth-order valence-electron chi connectivity index (χ4n) is 2.87. The Labute approximate surface area is 153 Å². The first-order chi connectivity index (χ1) is 11.6. The van der Waals surface area contributed by atoms with E-state index in [1.807, 2.05) is 25.7 Å². The molecule has 25 heavy (non-hydrogen) atoms. The highest BCUT2D eigenvalue weighted by Gasteiger charge is 2.34. The van der Waals surface area contributed by atoms with Gasteiger partial charge in [0.15, 0.2) is 0 Å². The van der Waals surface area contributed by atoms with Gasteiger partial charge < -0.3 is 20.1 Å². The van der Waals surface area contributed by atoms with Gasteiger partial charge in [-0.25, -0.2) is 4.79 Å². The SMILES string of the molecule is COC(=O)c1ccc(Cl)c(N2CCC(C(=O)OC(C)(C)C)CC2N)c1. The predicted molar refractivity (Wildman–Crippen MR) is 96.7 cm³/mol. The van der Waals surface area contributed by atoms with Crippen molar-refractivity contribution in [1.82, 2.24) is 0 Å². The molecular formula is C18H25ClN2O4. The second-order valence-corrected chi connectivity index (χ2v) is 7.58. The van der Waals surface area contributed by atoms with E-state index < -0.39 is 17.7 Å². The highest BCUT2D eigenvalue weighted by atomic mass is 35.5. The number of halogens is 1. The maximum Gasteiger partial charge on any atom is 0.337 e. The van der Waals surface area contributed by atoms with Crippen LogP contribution in [0, 0.1) is 5.92 Å². The molecule has 2 atom stereocenters. The molecule has 2 unspecified atom stereocenters. The fraction of sp³-hybridized carbons (Fsp3) is 0.556. The molecule has 6 nitrogen and oxygen atoms in total. The normalized spacial score (nSPS) is 21.0. The molecule has 1 aliphatic rings. The van der Waals surface area contributed by atoms with Crippen LogP contribution >= 0.6 is 11.6 Å². The fourth-order valence-corrected chi connectivity index (χ4v) is 3.10. The summed E-state index contributed by atoms with van der Waals surface area (Å²) in [6, 6.07) is 4.92. The van der Waals surface area contributed by atoms with Crippen LogP contribution in [0.5, 0.6) is 0 Å². The predicted octanol–water partition coefficient (Wildman–Crippen LogP) is 2.97. The van der Waals surface area contributed by atoms with Gasteiger partial charge in [-0.2, -0.15) is 0 Å². The minimum atomic E-state index is -0.517. The van der Waals surface area contributed by atoms with E-state index in [2.05, 4.69) is 0 Å². The molecule has 0 spiro atoms. The molecule has 0 aromatic heterocycles. The van der Waals surface area contributed by atoms with Crippen LogP contribution in [-0.4, -0.2) is 37.4 Å². The number of hydrogen-bond acceptors (Lipinski definition) is 6. The maximum atomic E-state index is 12.3. The van der Waals surface area contributed by atoms with Crippen LogP contribution < -0.4 is 10.6 Å². The number of carbonyl (C=O) groups is 2. The second kappa shape index (κ2) is 7.62. The summed E-state index contributed by atoms with van der Waals surface area (Å²) in [5, 5.41) is 0.499. The third-order valence-electron chi connectivity index (χ3n) is 4.06. The first-order valence-corrected chi connectivity index (χ1v) is 8.63. The van der Waals surface area contributed by atoms with Gasteiger partial charge in [0, 0.05) is 6.54 Å². The second-order valence-electron chi connectivity index (χ2n) is 7.17. The van der Waals surface area contributed by atoms with Crippen molar-refractivity contribution in [3.05, 3.63) is 28.8 Å². The summed E-state index contributed by atoms with van der Waals surface area (Å²) in [7, 11) is 1.33. The van der Waals surface area contributed by atoms with Gasteiger partial charge in [-0.1, -0.05) is 11.6 Å². The number of anilines is 1. The number of hydrogen-bond donors (Lipinski definition) is 1. The molecule has 1 aromatic carbocycles. The molecule has 7 heteroatoms. The summed E-state index contributed by atoms with van der Waals surface area (Å²) in [6.07, 6.45) is 0.686. The van der Waals surface area contributed by atoms with E-state index in [0.717, 1.165) is 0 Å². The average Bonchev–Trinajstić information content (AvgIpc) is 2.53. The Hall–Kier alpha value is -1.79. The van der Waals surface area contributed by atoms with Gasteiger partial charge in [0.25, 0.3) is 0 Å². The Morgan fingerprint density at radius 3 is 2.56 bits per heavy atom. The maximum absolute atomic E-state index is 12.3. The lowest BCUT2D eigenvalue weighted by Gasteiger charge is -2.39. The zero-order valence-corrected chi connectivity index (χ0v) is 15.8. The number of methoxy groups -OCH3 is 1. The van der Waals surface area contributed by atoms with Crippen LogP contribution in [0.2, 0.25) is 5.02 Å². The van der Waals surface area contributed by atoms with Crippen molar-refractivity contribution in [3.8, 4) is 0 Å². The monoisotopic (exact) mass is 368 g/mol. The molecule has 1 fully saturated rings. The number of ether oxygens (including phenoxy) is 2. The van der Waals surface area contributed by atoms with Crippen molar-refractivity contribution in [3.63, 3.8) is 0 Å². The van der Waals surface area contributed by atoms with Gasteiger partial charge >= 0.3 is 11.9 Å².